The standard InChI is InChI=1S/C19H21NO/c1-14(2)20-12-16(13-21-17-7-5-4-6-8-17)18-11-15(3)9-10-19(18)20/h4-12,14H,13H2,1-3H3. The van der Waals surface area contributed by atoms with E-state index in [0.29, 0.717) is 12.6 Å². The van der Waals surface area contributed by atoms with Crippen LogP contribution in [0.3, 0.4) is 0 Å². The summed E-state index contributed by atoms with van der Waals surface area (Å²) in [6.07, 6.45) is 2.22. The summed E-state index contributed by atoms with van der Waals surface area (Å²) in [5, 5.41) is 1.29. The molecule has 2 aromatic carbocycles. The molecule has 0 saturated carbocycles. The monoisotopic (exact) mass is 279 g/mol. The zero-order valence-electron chi connectivity index (χ0n) is 12.8. The number of benzene rings is 2. The summed E-state index contributed by atoms with van der Waals surface area (Å²) < 4.78 is 8.24. The van der Waals surface area contributed by atoms with Gasteiger partial charge in [0.2, 0.25) is 0 Å². The number of para-hydroxylation sites is 1. The molecule has 0 fully saturated rings. The van der Waals surface area contributed by atoms with Gasteiger partial charge in [-0.05, 0) is 45.0 Å². The maximum atomic E-state index is 5.92. The first kappa shape index (κ1) is 13.7. The smallest absolute Gasteiger partial charge is 0.119 e. The Morgan fingerprint density at radius 3 is 2.52 bits per heavy atom. The van der Waals surface area contributed by atoms with Crippen LogP contribution >= 0.6 is 0 Å². The fraction of sp³-hybridized carbons (Fsp3) is 0.263. The predicted octanol–water partition coefficient (Wildman–Crippen LogP) is 5.11. The largest absolute Gasteiger partial charge is 0.489 e. The Bertz CT molecular complexity index is 741. The second-order valence-corrected chi connectivity index (χ2v) is 5.78. The maximum Gasteiger partial charge on any atom is 0.119 e. The number of fused-ring (bicyclic) bond motifs is 1. The molecule has 0 spiro atoms. The zero-order valence-corrected chi connectivity index (χ0v) is 12.8. The van der Waals surface area contributed by atoms with Crippen molar-refractivity contribution in [2.24, 2.45) is 0 Å². The Balaban J connectivity index is 1.96. The Hall–Kier alpha value is -2.22. The molecule has 3 aromatic rings. The van der Waals surface area contributed by atoms with Crippen LogP contribution < -0.4 is 4.74 Å². The number of hydrogen-bond acceptors (Lipinski definition) is 1. The van der Waals surface area contributed by atoms with Gasteiger partial charge < -0.3 is 9.30 Å². The highest BCUT2D eigenvalue weighted by molar-refractivity contribution is 5.84. The van der Waals surface area contributed by atoms with Crippen LogP contribution in [0.2, 0.25) is 0 Å². The van der Waals surface area contributed by atoms with Crippen molar-refractivity contribution in [3.63, 3.8) is 0 Å². The third kappa shape index (κ3) is 2.80. The summed E-state index contributed by atoms with van der Waals surface area (Å²) in [5.74, 6) is 0.913. The molecule has 0 unspecified atom stereocenters. The molecule has 0 aliphatic rings. The summed E-state index contributed by atoms with van der Waals surface area (Å²) in [6, 6.07) is 17.0. The molecule has 0 saturated heterocycles. The molecule has 108 valence electrons. The van der Waals surface area contributed by atoms with Crippen LogP contribution in [0.25, 0.3) is 10.9 Å². The maximum absolute atomic E-state index is 5.92. The van der Waals surface area contributed by atoms with Crippen molar-refractivity contribution in [2.45, 2.75) is 33.4 Å². The second-order valence-electron chi connectivity index (χ2n) is 5.78. The van der Waals surface area contributed by atoms with E-state index < -0.39 is 0 Å². The molecule has 2 heteroatoms. The number of nitrogens with zero attached hydrogens (tertiary/aromatic N) is 1. The lowest BCUT2D eigenvalue weighted by molar-refractivity contribution is 0.307. The Morgan fingerprint density at radius 1 is 1.05 bits per heavy atom. The minimum Gasteiger partial charge on any atom is -0.489 e. The van der Waals surface area contributed by atoms with Gasteiger partial charge in [0, 0.05) is 28.7 Å². The molecule has 0 N–H and O–H groups in total. The molecule has 0 aliphatic carbocycles. The molecule has 0 bridgehead atoms. The van der Waals surface area contributed by atoms with E-state index in [1.807, 2.05) is 30.3 Å². The second kappa shape index (κ2) is 5.65. The number of aromatic nitrogens is 1. The average Bonchev–Trinajstić information content (AvgIpc) is 2.84. The van der Waals surface area contributed by atoms with Gasteiger partial charge >= 0.3 is 0 Å². The molecule has 3 rings (SSSR count). The lowest BCUT2D eigenvalue weighted by Gasteiger charge is -2.08. The van der Waals surface area contributed by atoms with Gasteiger partial charge in [-0.2, -0.15) is 0 Å². The molecule has 0 aliphatic heterocycles. The van der Waals surface area contributed by atoms with Crippen molar-refractivity contribution in [1.82, 2.24) is 4.57 Å². The predicted molar refractivity (Wildman–Crippen MR) is 87.8 cm³/mol. The van der Waals surface area contributed by atoms with E-state index in [1.165, 1.54) is 22.0 Å². The summed E-state index contributed by atoms with van der Waals surface area (Å²) >= 11 is 0. The lowest BCUT2D eigenvalue weighted by Crippen LogP contribution is -1.98. The Labute approximate surface area is 126 Å². The normalized spacial score (nSPS) is 11.2. The van der Waals surface area contributed by atoms with Crippen molar-refractivity contribution in [2.75, 3.05) is 0 Å². The van der Waals surface area contributed by atoms with Crippen LogP contribution in [-0.2, 0) is 6.61 Å². The van der Waals surface area contributed by atoms with E-state index in [9.17, 15) is 0 Å². The van der Waals surface area contributed by atoms with E-state index >= 15 is 0 Å². The highest BCUT2D eigenvalue weighted by atomic mass is 16.5. The highest BCUT2D eigenvalue weighted by Gasteiger charge is 2.11. The van der Waals surface area contributed by atoms with Gasteiger partial charge in [0.1, 0.15) is 12.4 Å². The van der Waals surface area contributed by atoms with Crippen LogP contribution in [-0.4, -0.2) is 4.57 Å². The van der Waals surface area contributed by atoms with Crippen LogP contribution in [0.1, 0.15) is 31.0 Å². The highest BCUT2D eigenvalue weighted by Crippen LogP contribution is 2.27. The van der Waals surface area contributed by atoms with Crippen LogP contribution in [0.4, 0.5) is 0 Å². The molecular formula is C19H21NO. The number of ether oxygens (including phenoxy) is 1. The fourth-order valence-corrected chi connectivity index (χ4v) is 2.66. The minimum atomic E-state index is 0.445. The molecule has 21 heavy (non-hydrogen) atoms. The van der Waals surface area contributed by atoms with Crippen molar-refractivity contribution in [1.29, 1.82) is 0 Å². The molecule has 1 aromatic heterocycles. The number of aryl methyl sites for hydroxylation is 1. The van der Waals surface area contributed by atoms with E-state index in [0.717, 1.165) is 5.75 Å². The molecule has 0 atom stereocenters. The van der Waals surface area contributed by atoms with Crippen LogP contribution in [0, 0.1) is 6.92 Å². The molecule has 1 heterocycles. The van der Waals surface area contributed by atoms with E-state index in [4.69, 9.17) is 4.74 Å². The number of hydrogen-bond donors (Lipinski definition) is 0. The van der Waals surface area contributed by atoms with Crippen LogP contribution in [0.15, 0.2) is 54.7 Å². The molecule has 0 radical (unpaired) electrons. The van der Waals surface area contributed by atoms with E-state index in [2.05, 4.69) is 49.7 Å². The van der Waals surface area contributed by atoms with Gasteiger partial charge in [0.05, 0.1) is 0 Å². The molecular weight excluding hydrogens is 258 g/mol. The fourth-order valence-electron chi connectivity index (χ4n) is 2.66. The summed E-state index contributed by atoms with van der Waals surface area (Å²) in [5.41, 5.74) is 3.80. The van der Waals surface area contributed by atoms with Gasteiger partial charge in [0.25, 0.3) is 0 Å². The van der Waals surface area contributed by atoms with Gasteiger partial charge in [-0.25, -0.2) is 0 Å². The summed E-state index contributed by atoms with van der Waals surface area (Å²) in [7, 11) is 0. The van der Waals surface area contributed by atoms with Crippen molar-refractivity contribution >= 4 is 10.9 Å². The van der Waals surface area contributed by atoms with Gasteiger partial charge in [0.15, 0.2) is 0 Å². The summed E-state index contributed by atoms with van der Waals surface area (Å²) in [6.45, 7) is 7.15. The first-order valence-electron chi connectivity index (χ1n) is 7.43. The Kier molecular flexibility index (Phi) is 3.70. The third-order valence-corrected chi connectivity index (χ3v) is 3.76. The van der Waals surface area contributed by atoms with Crippen molar-refractivity contribution in [3.8, 4) is 5.75 Å². The summed E-state index contributed by atoms with van der Waals surface area (Å²) in [4.78, 5) is 0. The number of rotatable bonds is 4. The topological polar surface area (TPSA) is 14.2 Å². The van der Waals surface area contributed by atoms with Gasteiger partial charge in [-0.1, -0.05) is 29.8 Å². The molecule has 0 amide bonds. The Morgan fingerprint density at radius 2 is 1.81 bits per heavy atom. The van der Waals surface area contributed by atoms with Crippen LogP contribution in [0.5, 0.6) is 5.75 Å². The zero-order chi connectivity index (χ0) is 14.8. The van der Waals surface area contributed by atoms with Gasteiger partial charge in [-0.3, -0.25) is 0 Å². The SMILES string of the molecule is Cc1ccc2c(c1)c(COc1ccccc1)cn2C(C)C. The van der Waals surface area contributed by atoms with E-state index in [-0.39, 0.29) is 0 Å². The first-order chi connectivity index (χ1) is 10.1. The van der Waals surface area contributed by atoms with Gasteiger partial charge in [-0.15, -0.1) is 0 Å². The lowest BCUT2D eigenvalue weighted by atomic mass is 10.1. The average molecular weight is 279 g/mol. The van der Waals surface area contributed by atoms with E-state index in [1.54, 1.807) is 0 Å². The minimum absolute atomic E-state index is 0.445. The third-order valence-electron chi connectivity index (χ3n) is 3.76. The first-order valence-corrected chi connectivity index (χ1v) is 7.43. The quantitative estimate of drug-likeness (QED) is 0.647. The molecule has 2 nitrogen and oxygen atoms in total. The van der Waals surface area contributed by atoms with Crippen molar-refractivity contribution in [3.05, 3.63) is 65.9 Å². The van der Waals surface area contributed by atoms with Crippen molar-refractivity contribution < 1.29 is 4.74 Å².